The van der Waals surface area contributed by atoms with Crippen molar-refractivity contribution in [3.8, 4) is 0 Å². The Morgan fingerprint density at radius 1 is 1.12 bits per heavy atom. The Morgan fingerprint density at radius 2 is 1.85 bits per heavy atom. The van der Waals surface area contributed by atoms with Gasteiger partial charge >= 0.3 is 0 Å². The quantitative estimate of drug-likeness (QED) is 0.189. The van der Waals surface area contributed by atoms with Crippen molar-refractivity contribution in [3.05, 3.63) is 11.6 Å². The van der Waals surface area contributed by atoms with E-state index in [1.807, 2.05) is 13.3 Å². The number of ether oxygens (including phenoxy) is 1. The fourth-order valence-electron chi connectivity index (χ4n) is 5.44. The van der Waals surface area contributed by atoms with Crippen molar-refractivity contribution in [3.63, 3.8) is 0 Å². The molecule has 1 saturated heterocycles. The number of methoxy groups -OCH3 is 1. The van der Waals surface area contributed by atoms with Gasteiger partial charge in [0.15, 0.2) is 0 Å². The smallest absolute Gasteiger partial charge is 0.262 e. The van der Waals surface area contributed by atoms with Gasteiger partial charge in [-0.05, 0) is 45.4 Å². The Kier molecular flexibility index (Phi) is 10.1. The Morgan fingerprint density at radius 3 is 2.52 bits per heavy atom. The first-order valence-electron chi connectivity index (χ1n) is 12.0. The fraction of sp³-hybridized carbons (Fsp3) is 0.864. The lowest BCUT2D eigenvalue weighted by atomic mass is 9.88. The summed E-state index contributed by atoms with van der Waals surface area (Å²) >= 11 is 12.4. The maximum Gasteiger partial charge on any atom is 0.262 e. The van der Waals surface area contributed by atoms with Gasteiger partial charge in [-0.15, -0.1) is 11.6 Å². The van der Waals surface area contributed by atoms with Crippen molar-refractivity contribution >= 4 is 36.3 Å². The molecule has 1 aliphatic heterocycles. The molecular formula is C22H40Cl2N5O3P. The normalized spacial score (nSPS) is 38.0. The molecule has 1 heterocycles. The van der Waals surface area contributed by atoms with Gasteiger partial charge in [0.25, 0.3) is 5.91 Å². The van der Waals surface area contributed by atoms with Crippen LogP contribution in [0.1, 0.15) is 44.9 Å². The van der Waals surface area contributed by atoms with Crippen LogP contribution in [0.2, 0.25) is 0 Å². The predicted octanol–water partition coefficient (Wildman–Crippen LogP) is 2.31. The minimum absolute atomic E-state index is 0.00133. The summed E-state index contributed by atoms with van der Waals surface area (Å²) in [5.41, 5.74) is 0.190. The van der Waals surface area contributed by atoms with Crippen LogP contribution < -0.4 is 26.6 Å². The highest BCUT2D eigenvalue weighted by Gasteiger charge is 2.39. The van der Waals surface area contributed by atoms with Crippen molar-refractivity contribution < 1.29 is 14.1 Å². The molecule has 0 aromatic heterocycles. The molecule has 8 unspecified atom stereocenters. The summed E-state index contributed by atoms with van der Waals surface area (Å²) in [5, 5.41) is 17.1. The number of hydrogen-bond acceptors (Lipinski definition) is 7. The first kappa shape index (κ1) is 27.4. The number of nitrogens with one attached hydrogen (secondary N) is 5. The molecule has 5 N–H and O–H groups in total. The SMILES string of the molecule is C=C(Cl)C(=O)NC1CCC(OC)C(NC2NCC(Cl)C(NC3CCCCC3P(C)(C)=O)N2)C1. The van der Waals surface area contributed by atoms with Gasteiger partial charge in [-0.25, -0.2) is 0 Å². The number of amides is 1. The number of alkyl halides is 1. The Hall–Kier alpha value is -0.180. The summed E-state index contributed by atoms with van der Waals surface area (Å²) in [6, 6.07) is 0.229. The minimum atomic E-state index is -2.20. The molecule has 3 fully saturated rings. The first-order chi connectivity index (χ1) is 15.6. The van der Waals surface area contributed by atoms with Crippen molar-refractivity contribution in [2.24, 2.45) is 0 Å². The molecule has 0 aromatic rings. The number of carbonyl (C=O) groups excluding carboxylic acids is 1. The molecule has 8 atom stereocenters. The van der Waals surface area contributed by atoms with Crippen LogP contribution >= 0.6 is 30.3 Å². The number of halogens is 2. The van der Waals surface area contributed by atoms with Gasteiger partial charge in [0.05, 0.1) is 29.8 Å². The van der Waals surface area contributed by atoms with Gasteiger partial charge in [-0.2, -0.15) is 0 Å². The Bertz CT molecular complexity index is 739. The molecule has 8 nitrogen and oxygen atoms in total. The zero-order chi connectivity index (χ0) is 24.2. The molecule has 11 heteroatoms. The minimum Gasteiger partial charge on any atom is -0.380 e. The van der Waals surface area contributed by atoms with Crippen LogP contribution in [0.3, 0.4) is 0 Å². The van der Waals surface area contributed by atoms with Gasteiger partial charge in [0.1, 0.15) is 6.29 Å². The summed E-state index contributed by atoms with van der Waals surface area (Å²) in [7, 11) is -0.479. The lowest BCUT2D eigenvalue weighted by Gasteiger charge is -2.44. The van der Waals surface area contributed by atoms with Gasteiger partial charge in [0.2, 0.25) is 0 Å². The van der Waals surface area contributed by atoms with Crippen LogP contribution in [0.4, 0.5) is 0 Å². The molecule has 3 rings (SSSR count). The molecule has 0 bridgehead atoms. The van der Waals surface area contributed by atoms with Crippen molar-refractivity contribution in [2.45, 2.75) is 92.7 Å². The van der Waals surface area contributed by atoms with E-state index in [4.69, 9.17) is 27.9 Å². The first-order valence-corrected chi connectivity index (χ1v) is 15.4. The number of rotatable bonds is 8. The monoisotopic (exact) mass is 523 g/mol. The highest BCUT2D eigenvalue weighted by molar-refractivity contribution is 7.63. The second-order valence-electron chi connectivity index (χ2n) is 10.00. The average Bonchev–Trinajstić information content (AvgIpc) is 2.76. The Labute approximate surface area is 208 Å². The molecule has 0 radical (unpaired) electrons. The highest BCUT2D eigenvalue weighted by Crippen LogP contribution is 2.49. The van der Waals surface area contributed by atoms with E-state index < -0.39 is 7.14 Å². The second-order valence-corrected chi connectivity index (χ2v) is 14.5. The van der Waals surface area contributed by atoms with E-state index in [0.29, 0.717) is 6.54 Å². The maximum atomic E-state index is 12.9. The van der Waals surface area contributed by atoms with E-state index in [2.05, 4.69) is 33.2 Å². The van der Waals surface area contributed by atoms with E-state index in [9.17, 15) is 9.36 Å². The molecule has 0 aromatic carbocycles. The topological polar surface area (TPSA) is 104 Å². The Balaban J connectivity index is 1.60. The summed E-state index contributed by atoms with van der Waals surface area (Å²) in [6.07, 6.45) is 6.43. The molecule has 33 heavy (non-hydrogen) atoms. The zero-order valence-corrected chi connectivity index (χ0v) is 22.3. The van der Waals surface area contributed by atoms with Gasteiger partial charge < -0.3 is 14.6 Å². The van der Waals surface area contributed by atoms with E-state index in [1.165, 1.54) is 0 Å². The van der Waals surface area contributed by atoms with E-state index >= 15 is 0 Å². The average molecular weight is 524 g/mol. The van der Waals surface area contributed by atoms with Gasteiger partial charge in [-0.1, -0.05) is 31.0 Å². The third-order valence-electron chi connectivity index (χ3n) is 7.20. The van der Waals surface area contributed by atoms with Crippen LogP contribution in [-0.2, 0) is 14.1 Å². The molecule has 2 aliphatic carbocycles. The summed E-state index contributed by atoms with van der Waals surface area (Å²) < 4.78 is 18.6. The third-order valence-corrected chi connectivity index (χ3v) is 9.99. The number of carbonyl (C=O) groups is 1. The number of hydrogen-bond donors (Lipinski definition) is 5. The summed E-state index contributed by atoms with van der Waals surface area (Å²) in [4.78, 5) is 12.0. The summed E-state index contributed by atoms with van der Waals surface area (Å²) in [6.45, 7) is 7.94. The van der Waals surface area contributed by atoms with Crippen molar-refractivity contribution in [1.29, 1.82) is 0 Å². The maximum absolute atomic E-state index is 12.9. The van der Waals surface area contributed by atoms with E-state index in [0.717, 1.165) is 44.9 Å². The predicted molar refractivity (Wildman–Crippen MR) is 135 cm³/mol. The van der Waals surface area contributed by atoms with Crippen LogP contribution in [0.25, 0.3) is 0 Å². The largest absolute Gasteiger partial charge is 0.380 e. The fourth-order valence-corrected chi connectivity index (χ4v) is 7.64. The third kappa shape index (κ3) is 7.65. The zero-order valence-electron chi connectivity index (χ0n) is 19.9. The second kappa shape index (κ2) is 12.2. The molecule has 1 amide bonds. The van der Waals surface area contributed by atoms with Crippen molar-refractivity contribution in [2.75, 3.05) is 27.0 Å². The van der Waals surface area contributed by atoms with E-state index in [1.54, 1.807) is 7.11 Å². The molecular weight excluding hydrogens is 484 g/mol. The standard InChI is InChI=1S/C22H40Cl2N5O3P/c1-13(23)21(30)26-14-9-10-18(32-2)17(11-14)28-22-25-12-15(24)20(29-22)27-16-7-5-6-8-19(16)33(3,4)31/h14-20,22,25,27-29H,1,5-12H2,2-4H3,(H,26,30). The van der Waals surface area contributed by atoms with Crippen LogP contribution in [0, 0.1) is 0 Å². The molecule has 0 spiro atoms. The molecule has 2 saturated carbocycles. The highest BCUT2D eigenvalue weighted by atomic mass is 35.5. The van der Waals surface area contributed by atoms with E-state index in [-0.39, 0.29) is 58.7 Å². The van der Waals surface area contributed by atoms with Crippen LogP contribution in [0.5, 0.6) is 0 Å². The van der Waals surface area contributed by atoms with Gasteiger partial charge in [-0.3, -0.25) is 26.1 Å². The van der Waals surface area contributed by atoms with Crippen molar-refractivity contribution in [1.82, 2.24) is 26.6 Å². The van der Waals surface area contributed by atoms with Crippen LogP contribution in [-0.4, -0.2) is 80.6 Å². The summed E-state index contributed by atoms with van der Waals surface area (Å²) in [5.74, 6) is -0.328. The molecule has 190 valence electrons. The lowest BCUT2D eigenvalue weighted by molar-refractivity contribution is -0.118. The van der Waals surface area contributed by atoms with Gasteiger partial charge in [0, 0.05) is 37.4 Å². The molecule has 3 aliphatic rings. The van der Waals surface area contributed by atoms with Crippen LogP contribution in [0.15, 0.2) is 11.6 Å². The lowest BCUT2D eigenvalue weighted by Crippen LogP contribution is -2.72.